The fraction of sp³-hybridized carbons (Fsp3) is 0.176. The topological polar surface area (TPSA) is 108 Å². The molecule has 136 valence electrons. The first-order valence-electron chi connectivity index (χ1n) is 7.41. The van der Waals surface area contributed by atoms with Gasteiger partial charge >= 0.3 is 5.97 Å². The van der Waals surface area contributed by atoms with E-state index in [1.807, 2.05) is 0 Å². The van der Waals surface area contributed by atoms with Gasteiger partial charge in [0.25, 0.3) is 11.6 Å². The van der Waals surface area contributed by atoms with E-state index < -0.39 is 22.9 Å². The van der Waals surface area contributed by atoms with Gasteiger partial charge < -0.3 is 14.8 Å². The van der Waals surface area contributed by atoms with Crippen LogP contribution < -0.4 is 10.1 Å². The Bertz CT molecular complexity index is 838. The van der Waals surface area contributed by atoms with Gasteiger partial charge in [-0.2, -0.15) is 0 Å². The fourth-order valence-electron chi connectivity index (χ4n) is 2.00. The summed E-state index contributed by atoms with van der Waals surface area (Å²) in [6.45, 7) is 1.38. The van der Waals surface area contributed by atoms with Crippen LogP contribution in [-0.2, 0) is 9.53 Å². The van der Waals surface area contributed by atoms with Crippen molar-refractivity contribution in [1.29, 1.82) is 0 Å². The summed E-state index contributed by atoms with van der Waals surface area (Å²) < 4.78 is 11.0. The number of nitro benzene ring substituents is 1. The van der Waals surface area contributed by atoms with Gasteiger partial charge in [0.15, 0.2) is 6.10 Å². The highest BCUT2D eigenvalue weighted by Gasteiger charge is 2.23. The molecule has 0 saturated carbocycles. The number of nitro groups is 1. The molecular formula is C17H15IN2O6. The van der Waals surface area contributed by atoms with Crippen molar-refractivity contribution in [1.82, 2.24) is 0 Å². The summed E-state index contributed by atoms with van der Waals surface area (Å²) in [4.78, 5) is 34.8. The summed E-state index contributed by atoms with van der Waals surface area (Å²) in [5, 5.41) is 13.5. The van der Waals surface area contributed by atoms with E-state index in [-0.39, 0.29) is 17.1 Å². The summed E-state index contributed by atoms with van der Waals surface area (Å²) in [5.41, 5.74) is -0.0349. The van der Waals surface area contributed by atoms with E-state index >= 15 is 0 Å². The molecule has 9 heteroatoms. The molecule has 0 fully saturated rings. The maximum absolute atomic E-state index is 12.2. The summed E-state index contributed by atoms with van der Waals surface area (Å²) in [6.07, 6.45) is -1.14. The molecular weight excluding hydrogens is 455 g/mol. The minimum Gasteiger partial charge on any atom is -0.496 e. The van der Waals surface area contributed by atoms with Crippen LogP contribution in [0.15, 0.2) is 42.5 Å². The minimum absolute atomic E-state index is 0.0158. The number of ether oxygens (including phenoxy) is 2. The molecule has 0 radical (unpaired) electrons. The number of hydrogen-bond acceptors (Lipinski definition) is 6. The van der Waals surface area contributed by atoms with E-state index in [9.17, 15) is 19.7 Å². The molecule has 0 saturated heterocycles. The maximum Gasteiger partial charge on any atom is 0.338 e. The molecule has 0 aliphatic heterocycles. The second kappa shape index (κ2) is 8.61. The van der Waals surface area contributed by atoms with Crippen molar-refractivity contribution in [3.8, 4) is 5.75 Å². The van der Waals surface area contributed by atoms with Gasteiger partial charge in [0.1, 0.15) is 11.4 Å². The van der Waals surface area contributed by atoms with Crippen LogP contribution >= 0.6 is 22.6 Å². The van der Waals surface area contributed by atoms with E-state index in [1.165, 1.54) is 32.2 Å². The predicted octanol–water partition coefficient (Wildman–Crippen LogP) is 3.39. The van der Waals surface area contributed by atoms with E-state index in [4.69, 9.17) is 9.47 Å². The fourth-order valence-corrected chi connectivity index (χ4v) is 2.36. The highest BCUT2D eigenvalue weighted by atomic mass is 127. The Hall–Kier alpha value is -2.69. The van der Waals surface area contributed by atoms with Crippen LogP contribution in [0.3, 0.4) is 0 Å². The van der Waals surface area contributed by atoms with Crippen LogP contribution in [0.4, 0.5) is 11.4 Å². The Morgan fingerprint density at radius 2 is 1.85 bits per heavy atom. The summed E-state index contributed by atoms with van der Waals surface area (Å²) >= 11 is 2.10. The predicted molar refractivity (Wildman–Crippen MR) is 102 cm³/mol. The molecule has 0 aromatic heterocycles. The van der Waals surface area contributed by atoms with Crippen molar-refractivity contribution in [2.24, 2.45) is 0 Å². The number of anilines is 1. The summed E-state index contributed by atoms with van der Waals surface area (Å²) in [6, 6.07) is 10.7. The molecule has 1 amide bonds. The number of methoxy groups -OCH3 is 1. The molecule has 0 spiro atoms. The van der Waals surface area contributed by atoms with Gasteiger partial charge in [0.2, 0.25) is 0 Å². The third-order valence-corrected chi connectivity index (χ3v) is 4.11. The molecule has 2 rings (SSSR count). The molecule has 1 unspecified atom stereocenters. The number of benzene rings is 2. The van der Waals surface area contributed by atoms with Gasteiger partial charge in [0.05, 0.1) is 23.7 Å². The number of carbonyl (C=O) groups excluding carboxylic acids is 2. The molecule has 0 bridgehead atoms. The SMILES string of the molecule is COc1ccc(NC(=O)C(C)OC(=O)c2ccc(I)cc2)c([N+](=O)[O-])c1. The highest BCUT2D eigenvalue weighted by molar-refractivity contribution is 14.1. The van der Waals surface area contributed by atoms with Crippen molar-refractivity contribution in [3.63, 3.8) is 0 Å². The first kappa shape index (κ1) is 19.6. The van der Waals surface area contributed by atoms with E-state index in [0.717, 1.165) is 3.57 Å². The molecule has 0 aliphatic carbocycles. The second-order valence-electron chi connectivity index (χ2n) is 5.18. The number of nitrogens with zero attached hydrogens (tertiary/aromatic N) is 1. The summed E-state index contributed by atoms with van der Waals surface area (Å²) in [7, 11) is 1.38. The lowest BCUT2D eigenvalue weighted by molar-refractivity contribution is -0.384. The van der Waals surface area contributed by atoms with Crippen molar-refractivity contribution < 1.29 is 24.0 Å². The second-order valence-corrected chi connectivity index (χ2v) is 6.43. The zero-order valence-electron chi connectivity index (χ0n) is 13.9. The number of rotatable bonds is 6. The molecule has 8 nitrogen and oxygen atoms in total. The number of esters is 1. The maximum atomic E-state index is 12.2. The van der Waals surface area contributed by atoms with E-state index in [2.05, 4.69) is 27.9 Å². The van der Waals surface area contributed by atoms with Gasteiger partial charge in [-0.15, -0.1) is 0 Å². The monoisotopic (exact) mass is 470 g/mol. The number of amides is 1. The van der Waals surface area contributed by atoms with Gasteiger partial charge in [-0.1, -0.05) is 0 Å². The smallest absolute Gasteiger partial charge is 0.338 e. The Morgan fingerprint density at radius 1 is 1.19 bits per heavy atom. The quantitative estimate of drug-likeness (QED) is 0.300. The third kappa shape index (κ3) is 4.91. The van der Waals surface area contributed by atoms with Gasteiger partial charge in [-0.05, 0) is 65.9 Å². The van der Waals surface area contributed by atoms with E-state index in [0.29, 0.717) is 5.56 Å². The Labute approximate surface area is 162 Å². The summed E-state index contributed by atoms with van der Waals surface area (Å²) in [5.74, 6) is -1.06. The highest BCUT2D eigenvalue weighted by Crippen LogP contribution is 2.29. The molecule has 2 aromatic rings. The van der Waals surface area contributed by atoms with Crippen LogP contribution in [0.25, 0.3) is 0 Å². The van der Waals surface area contributed by atoms with Crippen molar-refractivity contribution in [2.45, 2.75) is 13.0 Å². The lowest BCUT2D eigenvalue weighted by atomic mass is 10.2. The number of nitrogens with one attached hydrogen (secondary N) is 1. The van der Waals surface area contributed by atoms with Crippen molar-refractivity contribution in [2.75, 3.05) is 12.4 Å². The number of carbonyl (C=O) groups is 2. The van der Waals surface area contributed by atoms with Gasteiger partial charge in [-0.3, -0.25) is 14.9 Å². The average molecular weight is 470 g/mol. The molecule has 26 heavy (non-hydrogen) atoms. The van der Waals surface area contributed by atoms with E-state index in [1.54, 1.807) is 24.3 Å². The minimum atomic E-state index is -1.14. The molecule has 0 heterocycles. The third-order valence-electron chi connectivity index (χ3n) is 3.39. The van der Waals surface area contributed by atoms with Crippen LogP contribution in [-0.4, -0.2) is 30.0 Å². The largest absolute Gasteiger partial charge is 0.496 e. The zero-order valence-corrected chi connectivity index (χ0v) is 16.1. The number of hydrogen-bond donors (Lipinski definition) is 1. The molecule has 1 atom stereocenters. The number of halogens is 1. The Morgan fingerprint density at radius 3 is 2.42 bits per heavy atom. The van der Waals surface area contributed by atoms with Crippen LogP contribution in [0.5, 0.6) is 5.75 Å². The lowest BCUT2D eigenvalue weighted by Crippen LogP contribution is -2.30. The normalized spacial score (nSPS) is 11.3. The Kier molecular flexibility index (Phi) is 6.50. The van der Waals surface area contributed by atoms with Gasteiger partial charge in [0, 0.05) is 3.57 Å². The molecule has 0 aliphatic rings. The van der Waals surface area contributed by atoms with Crippen LogP contribution in [0, 0.1) is 13.7 Å². The zero-order chi connectivity index (χ0) is 19.3. The standard InChI is InChI=1S/C17H15IN2O6/c1-10(26-17(22)11-3-5-12(18)6-4-11)16(21)19-14-8-7-13(25-2)9-15(14)20(23)24/h3-10H,1-2H3,(H,19,21). The van der Waals surface area contributed by atoms with Crippen molar-refractivity contribution >= 4 is 45.8 Å². The van der Waals surface area contributed by atoms with Gasteiger partial charge in [-0.25, -0.2) is 4.79 Å². The first-order chi connectivity index (χ1) is 12.3. The lowest BCUT2D eigenvalue weighted by Gasteiger charge is -2.14. The molecule has 2 aromatic carbocycles. The average Bonchev–Trinajstić information content (AvgIpc) is 2.62. The first-order valence-corrected chi connectivity index (χ1v) is 8.49. The van der Waals surface area contributed by atoms with Crippen molar-refractivity contribution in [3.05, 3.63) is 61.7 Å². The van der Waals surface area contributed by atoms with Crippen LogP contribution in [0.1, 0.15) is 17.3 Å². The Balaban J connectivity index is 2.08. The van der Waals surface area contributed by atoms with Crippen LogP contribution in [0.2, 0.25) is 0 Å². The molecule has 1 N–H and O–H groups in total.